The SMILES string of the molecule is CNC(=O)Cn1ccc(Nc2cc3c(cn2)cnn3Cc2ccccc2F)n1. The predicted octanol–water partition coefficient (Wildman–Crippen LogP) is 2.30. The lowest BCUT2D eigenvalue weighted by Gasteiger charge is -2.07. The quantitative estimate of drug-likeness (QED) is 0.537. The van der Waals surface area contributed by atoms with Crippen LogP contribution in [0.1, 0.15) is 5.56 Å². The highest BCUT2D eigenvalue weighted by Gasteiger charge is 2.09. The number of halogens is 1. The van der Waals surface area contributed by atoms with Gasteiger partial charge in [-0.3, -0.25) is 14.2 Å². The minimum absolute atomic E-state index is 0.133. The van der Waals surface area contributed by atoms with Crippen molar-refractivity contribution in [3.63, 3.8) is 0 Å². The minimum atomic E-state index is -0.264. The third kappa shape index (κ3) is 3.68. The van der Waals surface area contributed by atoms with Gasteiger partial charge in [-0.2, -0.15) is 10.2 Å². The molecule has 0 spiro atoms. The number of hydrogen-bond donors (Lipinski definition) is 2. The number of amides is 1. The van der Waals surface area contributed by atoms with Gasteiger partial charge < -0.3 is 10.6 Å². The number of carbonyl (C=O) groups excluding carboxylic acids is 1. The summed E-state index contributed by atoms with van der Waals surface area (Å²) in [5.41, 5.74) is 1.39. The Morgan fingerprint density at radius 2 is 2.04 bits per heavy atom. The fraction of sp³-hybridized carbons (Fsp3) is 0.158. The third-order valence-corrected chi connectivity index (χ3v) is 4.29. The van der Waals surface area contributed by atoms with Crippen LogP contribution in [0, 0.1) is 5.82 Å². The van der Waals surface area contributed by atoms with Crippen molar-refractivity contribution in [2.24, 2.45) is 0 Å². The van der Waals surface area contributed by atoms with Crippen molar-refractivity contribution in [1.29, 1.82) is 0 Å². The van der Waals surface area contributed by atoms with Crippen LogP contribution >= 0.6 is 0 Å². The first-order valence-electron chi connectivity index (χ1n) is 8.68. The number of fused-ring (bicyclic) bond motifs is 1. The first-order valence-corrected chi connectivity index (χ1v) is 8.68. The van der Waals surface area contributed by atoms with Gasteiger partial charge >= 0.3 is 0 Å². The second kappa shape index (κ2) is 7.47. The Morgan fingerprint density at radius 1 is 1.18 bits per heavy atom. The largest absolute Gasteiger partial charge is 0.358 e. The minimum Gasteiger partial charge on any atom is -0.358 e. The molecular formula is C19H18FN7O. The number of rotatable bonds is 6. The molecule has 4 rings (SSSR count). The van der Waals surface area contributed by atoms with E-state index in [4.69, 9.17) is 0 Å². The van der Waals surface area contributed by atoms with Gasteiger partial charge in [0, 0.05) is 42.5 Å². The van der Waals surface area contributed by atoms with Crippen LogP contribution in [0.4, 0.5) is 16.0 Å². The molecule has 0 aliphatic carbocycles. The number of carbonyl (C=O) groups is 1. The molecule has 4 aromatic rings. The van der Waals surface area contributed by atoms with Gasteiger partial charge in [0.05, 0.1) is 18.3 Å². The van der Waals surface area contributed by atoms with E-state index >= 15 is 0 Å². The maximum Gasteiger partial charge on any atom is 0.241 e. The summed E-state index contributed by atoms with van der Waals surface area (Å²) in [5.74, 6) is 0.746. The van der Waals surface area contributed by atoms with E-state index in [0.717, 1.165) is 10.9 Å². The molecular weight excluding hydrogens is 361 g/mol. The molecule has 9 heteroatoms. The van der Waals surface area contributed by atoms with Gasteiger partial charge in [0.1, 0.15) is 18.2 Å². The van der Waals surface area contributed by atoms with Crippen molar-refractivity contribution in [3.05, 3.63) is 66.4 Å². The Bertz CT molecular complexity index is 1130. The molecule has 0 saturated carbocycles. The molecule has 3 heterocycles. The van der Waals surface area contributed by atoms with Crippen LogP contribution < -0.4 is 10.6 Å². The molecule has 0 bridgehead atoms. The van der Waals surface area contributed by atoms with Crippen molar-refractivity contribution < 1.29 is 9.18 Å². The van der Waals surface area contributed by atoms with Gasteiger partial charge in [0.15, 0.2) is 5.82 Å². The standard InChI is InChI=1S/C19H18FN7O/c1-21-19(28)12-26-7-6-17(25-26)24-18-8-16-14(9-22-18)10-23-27(16)11-13-4-2-3-5-15(13)20/h2-10H,11-12H2,1H3,(H,21,28)(H,22,24,25). The van der Waals surface area contributed by atoms with E-state index in [1.807, 2.05) is 6.07 Å². The molecule has 28 heavy (non-hydrogen) atoms. The lowest BCUT2D eigenvalue weighted by atomic mass is 10.2. The van der Waals surface area contributed by atoms with Crippen molar-refractivity contribution in [1.82, 2.24) is 29.9 Å². The van der Waals surface area contributed by atoms with Crippen LogP contribution in [0.15, 0.2) is 55.0 Å². The molecule has 0 radical (unpaired) electrons. The molecule has 3 aromatic heterocycles. The average molecular weight is 379 g/mol. The van der Waals surface area contributed by atoms with Gasteiger partial charge in [-0.15, -0.1) is 0 Å². The highest BCUT2D eigenvalue weighted by molar-refractivity contribution is 5.81. The summed E-state index contributed by atoms with van der Waals surface area (Å²) >= 11 is 0. The zero-order valence-corrected chi connectivity index (χ0v) is 15.1. The molecule has 0 saturated heterocycles. The molecule has 0 unspecified atom stereocenters. The summed E-state index contributed by atoms with van der Waals surface area (Å²) in [7, 11) is 1.58. The number of aromatic nitrogens is 5. The summed E-state index contributed by atoms with van der Waals surface area (Å²) in [6.07, 6.45) is 5.10. The number of benzene rings is 1. The van der Waals surface area contributed by atoms with Crippen molar-refractivity contribution in [3.8, 4) is 0 Å². The van der Waals surface area contributed by atoms with Crippen LogP contribution in [0.2, 0.25) is 0 Å². The number of likely N-dealkylation sites (N-methyl/N-ethyl adjacent to an activating group) is 1. The number of anilines is 2. The Labute approximate surface area is 160 Å². The normalized spacial score (nSPS) is 10.9. The van der Waals surface area contributed by atoms with Crippen molar-refractivity contribution in [2.75, 3.05) is 12.4 Å². The molecule has 0 aliphatic heterocycles. The number of pyridine rings is 1. The summed E-state index contributed by atoms with van der Waals surface area (Å²) < 4.78 is 17.2. The summed E-state index contributed by atoms with van der Waals surface area (Å²) in [4.78, 5) is 15.8. The van der Waals surface area contributed by atoms with Gasteiger partial charge in [-0.05, 0) is 6.07 Å². The smallest absolute Gasteiger partial charge is 0.241 e. The topological polar surface area (TPSA) is 89.7 Å². The average Bonchev–Trinajstić information content (AvgIpc) is 3.30. The highest BCUT2D eigenvalue weighted by Crippen LogP contribution is 2.20. The van der Waals surface area contributed by atoms with E-state index in [1.54, 1.807) is 54.6 Å². The van der Waals surface area contributed by atoms with E-state index in [0.29, 0.717) is 23.7 Å². The van der Waals surface area contributed by atoms with Crippen molar-refractivity contribution >= 4 is 28.4 Å². The molecule has 0 aliphatic rings. The van der Waals surface area contributed by atoms with E-state index in [2.05, 4.69) is 25.8 Å². The molecule has 142 valence electrons. The Balaban J connectivity index is 1.56. The summed E-state index contributed by atoms with van der Waals surface area (Å²) in [6.45, 7) is 0.459. The monoisotopic (exact) mass is 379 g/mol. The summed E-state index contributed by atoms with van der Waals surface area (Å²) in [5, 5.41) is 15.2. The zero-order valence-electron chi connectivity index (χ0n) is 15.1. The fourth-order valence-corrected chi connectivity index (χ4v) is 2.83. The summed E-state index contributed by atoms with van der Waals surface area (Å²) in [6, 6.07) is 10.2. The Morgan fingerprint density at radius 3 is 2.86 bits per heavy atom. The molecule has 1 amide bonds. The maximum atomic E-state index is 14.0. The Kier molecular flexibility index (Phi) is 4.71. The lowest BCUT2D eigenvalue weighted by Crippen LogP contribution is -2.23. The fourth-order valence-electron chi connectivity index (χ4n) is 2.83. The molecule has 2 N–H and O–H groups in total. The molecule has 1 aromatic carbocycles. The maximum absolute atomic E-state index is 14.0. The second-order valence-corrected chi connectivity index (χ2v) is 6.22. The first kappa shape index (κ1) is 17.7. The molecule has 0 atom stereocenters. The van der Waals surface area contributed by atoms with Gasteiger partial charge in [0.25, 0.3) is 0 Å². The highest BCUT2D eigenvalue weighted by atomic mass is 19.1. The van der Waals surface area contributed by atoms with Crippen LogP contribution in [-0.4, -0.2) is 37.5 Å². The van der Waals surface area contributed by atoms with Crippen LogP contribution in [0.5, 0.6) is 0 Å². The van der Waals surface area contributed by atoms with Gasteiger partial charge in [-0.25, -0.2) is 9.37 Å². The van der Waals surface area contributed by atoms with Crippen LogP contribution in [-0.2, 0) is 17.9 Å². The molecule has 8 nitrogen and oxygen atoms in total. The number of nitrogens with zero attached hydrogens (tertiary/aromatic N) is 5. The van der Waals surface area contributed by atoms with Gasteiger partial charge in [0.2, 0.25) is 5.91 Å². The second-order valence-electron chi connectivity index (χ2n) is 6.22. The number of nitrogens with one attached hydrogen (secondary N) is 2. The zero-order chi connectivity index (χ0) is 19.5. The van der Waals surface area contributed by atoms with E-state index < -0.39 is 0 Å². The molecule has 0 fully saturated rings. The van der Waals surface area contributed by atoms with Gasteiger partial charge in [-0.1, -0.05) is 18.2 Å². The van der Waals surface area contributed by atoms with E-state index in [-0.39, 0.29) is 18.3 Å². The van der Waals surface area contributed by atoms with E-state index in [1.165, 1.54) is 10.7 Å². The predicted molar refractivity (Wildman–Crippen MR) is 103 cm³/mol. The first-order chi connectivity index (χ1) is 13.6. The third-order valence-electron chi connectivity index (χ3n) is 4.29. The van der Waals surface area contributed by atoms with E-state index in [9.17, 15) is 9.18 Å². The Hall–Kier alpha value is -3.75. The van der Waals surface area contributed by atoms with Crippen LogP contribution in [0.25, 0.3) is 10.9 Å². The van der Waals surface area contributed by atoms with Crippen LogP contribution in [0.3, 0.4) is 0 Å². The number of hydrogen-bond acceptors (Lipinski definition) is 5. The lowest BCUT2D eigenvalue weighted by molar-refractivity contribution is -0.121. The van der Waals surface area contributed by atoms with Crippen molar-refractivity contribution in [2.45, 2.75) is 13.1 Å².